The van der Waals surface area contributed by atoms with Crippen LogP contribution in [-0.4, -0.2) is 24.8 Å². The second-order valence-electron chi connectivity index (χ2n) is 5.86. The number of hydrogen-bond donors (Lipinski definition) is 1. The Bertz CT molecular complexity index is 197. The highest BCUT2D eigenvalue weighted by molar-refractivity contribution is 5.61. The lowest BCUT2D eigenvalue weighted by Gasteiger charge is -2.26. The van der Waals surface area contributed by atoms with Gasteiger partial charge < -0.3 is 5.32 Å². The number of piperidine rings is 1. The van der Waals surface area contributed by atoms with Crippen molar-refractivity contribution in [2.45, 2.75) is 64.5 Å². The van der Waals surface area contributed by atoms with Crippen molar-refractivity contribution in [3.8, 4) is 0 Å². The molecule has 0 aromatic carbocycles. The van der Waals surface area contributed by atoms with Gasteiger partial charge in [0.1, 0.15) is 0 Å². The molecule has 2 nitrogen and oxygen atoms in total. The van der Waals surface area contributed by atoms with Gasteiger partial charge in [0.05, 0.1) is 0 Å². The van der Waals surface area contributed by atoms with Gasteiger partial charge in [-0.3, -0.25) is 4.99 Å². The molecule has 2 atom stereocenters. The molecule has 1 aliphatic heterocycles. The van der Waals surface area contributed by atoms with Gasteiger partial charge in [-0.25, -0.2) is 0 Å². The zero-order valence-corrected chi connectivity index (χ0v) is 10.8. The van der Waals surface area contributed by atoms with Crippen LogP contribution in [0, 0.1) is 11.8 Å². The third kappa shape index (κ3) is 3.58. The zero-order chi connectivity index (χ0) is 11.4. The predicted molar refractivity (Wildman–Crippen MR) is 70.1 cm³/mol. The highest BCUT2D eigenvalue weighted by atomic mass is 14.9. The van der Waals surface area contributed by atoms with Gasteiger partial charge >= 0.3 is 0 Å². The van der Waals surface area contributed by atoms with Gasteiger partial charge in [0, 0.05) is 30.8 Å². The summed E-state index contributed by atoms with van der Waals surface area (Å²) < 4.78 is 0. The average Bonchev–Trinajstić information content (AvgIpc) is 2.30. The SMILES string of the molecule is CC1CCC(N=CC2CCC(C)NC2)CC1. The Morgan fingerprint density at radius 3 is 2.38 bits per heavy atom. The molecule has 0 radical (unpaired) electrons. The van der Waals surface area contributed by atoms with E-state index in [4.69, 9.17) is 4.99 Å². The molecule has 0 bridgehead atoms. The Kier molecular flexibility index (Phi) is 4.39. The highest BCUT2D eigenvalue weighted by Gasteiger charge is 2.19. The Balaban J connectivity index is 1.72. The largest absolute Gasteiger partial charge is 0.314 e. The van der Waals surface area contributed by atoms with Crippen molar-refractivity contribution < 1.29 is 0 Å². The van der Waals surface area contributed by atoms with Crippen LogP contribution in [0.15, 0.2) is 4.99 Å². The van der Waals surface area contributed by atoms with E-state index in [-0.39, 0.29) is 0 Å². The van der Waals surface area contributed by atoms with E-state index in [2.05, 4.69) is 25.4 Å². The summed E-state index contributed by atoms with van der Waals surface area (Å²) in [4.78, 5) is 4.80. The van der Waals surface area contributed by atoms with Gasteiger partial charge in [0.15, 0.2) is 0 Å². The maximum Gasteiger partial charge on any atom is 0.0496 e. The second-order valence-corrected chi connectivity index (χ2v) is 5.86. The summed E-state index contributed by atoms with van der Waals surface area (Å²) in [6.45, 7) is 5.77. The molecule has 0 amide bonds. The standard InChI is InChI=1S/C14H26N2/c1-11-3-7-14(8-4-11)16-10-13-6-5-12(2)15-9-13/h10-15H,3-9H2,1-2H3. The van der Waals surface area contributed by atoms with Crippen LogP contribution >= 0.6 is 0 Å². The van der Waals surface area contributed by atoms with Crippen LogP contribution in [0.3, 0.4) is 0 Å². The fourth-order valence-corrected chi connectivity index (χ4v) is 2.78. The fraction of sp³-hybridized carbons (Fsp3) is 0.929. The van der Waals surface area contributed by atoms with Crippen LogP contribution in [-0.2, 0) is 0 Å². The van der Waals surface area contributed by atoms with Crippen LogP contribution in [0.1, 0.15) is 52.4 Å². The smallest absolute Gasteiger partial charge is 0.0496 e. The number of hydrogen-bond acceptors (Lipinski definition) is 2. The van der Waals surface area contributed by atoms with Crippen LogP contribution in [0.5, 0.6) is 0 Å². The minimum atomic E-state index is 0.635. The van der Waals surface area contributed by atoms with Crippen molar-refractivity contribution in [3.63, 3.8) is 0 Å². The molecule has 1 aliphatic carbocycles. The van der Waals surface area contributed by atoms with Crippen molar-refractivity contribution in [1.82, 2.24) is 5.32 Å². The molecule has 1 heterocycles. The Labute approximate surface area is 99.9 Å². The normalized spacial score (nSPS) is 41.4. The van der Waals surface area contributed by atoms with Crippen LogP contribution < -0.4 is 5.32 Å². The molecule has 92 valence electrons. The maximum atomic E-state index is 4.80. The molecule has 0 aromatic rings. The summed E-state index contributed by atoms with van der Waals surface area (Å²) in [5.74, 6) is 1.62. The maximum absolute atomic E-state index is 4.80. The van der Waals surface area contributed by atoms with Crippen molar-refractivity contribution >= 4 is 6.21 Å². The first-order valence-corrected chi connectivity index (χ1v) is 7.00. The second kappa shape index (κ2) is 5.81. The molecule has 2 rings (SSSR count). The van der Waals surface area contributed by atoms with E-state index in [1.165, 1.54) is 38.5 Å². The third-order valence-corrected chi connectivity index (χ3v) is 4.19. The lowest BCUT2D eigenvalue weighted by atomic mass is 9.87. The predicted octanol–water partition coefficient (Wildman–Crippen LogP) is 3.02. The van der Waals surface area contributed by atoms with E-state index in [0.29, 0.717) is 18.0 Å². The minimum Gasteiger partial charge on any atom is -0.314 e. The molecule has 1 saturated heterocycles. The van der Waals surface area contributed by atoms with Crippen molar-refractivity contribution in [3.05, 3.63) is 0 Å². The monoisotopic (exact) mass is 222 g/mol. The lowest BCUT2D eigenvalue weighted by molar-refractivity contribution is 0.346. The van der Waals surface area contributed by atoms with Crippen LogP contribution in [0.2, 0.25) is 0 Å². The Morgan fingerprint density at radius 1 is 1.00 bits per heavy atom. The summed E-state index contributed by atoms with van der Waals surface area (Å²) in [5.41, 5.74) is 0. The molecule has 16 heavy (non-hydrogen) atoms. The van der Waals surface area contributed by atoms with E-state index in [1.807, 2.05) is 0 Å². The molecule has 2 aliphatic rings. The van der Waals surface area contributed by atoms with E-state index in [9.17, 15) is 0 Å². The van der Waals surface area contributed by atoms with E-state index < -0.39 is 0 Å². The number of nitrogens with zero attached hydrogens (tertiary/aromatic N) is 1. The minimum absolute atomic E-state index is 0.635. The fourth-order valence-electron chi connectivity index (χ4n) is 2.78. The molecule has 2 unspecified atom stereocenters. The molecule has 1 N–H and O–H groups in total. The number of aliphatic imine (C=N–C) groups is 1. The zero-order valence-electron chi connectivity index (χ0n) is 10.8. The lowest BCUT2D eigenvalue weighted by Crippen LogP contribution is -2.37. The summed E-state index contributed by atoms with van der Waals surface area (Å²) in [5, 5.41) is 3.54. The van der Waals surface area contributed by atoms with E-state index in [1.54, 1.807) is 0 Å². The van der Waals surface area contributed by atoms with Gasteiger partial charge in [0.2, 0.25) is 0 Å². The molecule has 0 aromatic heterocycles. The molecular weight excluding hydrogens is 196 g/mol. The third-order valence-electron chi connectivity index (χ3n) is 4.19. The highest BCUT2D eigenvalue weighted by Crippen LogP contribution is 2.25. The Morgan fingerprint density at radius 2 is 1.75 bits per heavy atom. The molecule has 2 fully saturated rings. The average molecular weight is 222 g/mol. The summed E-state index contributed by atoms with van der Waals surface area (Å²) >= 11 is 0. The first-order valence-electron chi connectivity index (χ1n) is 7.00. The topological polar surface area (TPSA) is 24.4 Å². The summed E-state index contributed by atoms with van der Waals surface area (Å²) in [7, 11) is 0. The first-order chi connectivity index (χ1) is 7.74. The molecule has 2 heteroatoms. The van der Waals surface area contributed by atoms with Gasteiger partial charge in [-0.2, -0.15) is 0 Å². The molecular formula is C14H26N2. The summed E-state index contributed by atoms with van der Waals surface area (Å²) in [6.07, 6.45) is 10.3. The van der Waals surface area contributed by atoms with E-state index in [0.717, 1.165) is 12.5 Å². The number of rotatable bonds is 2. The summed E-state index contributed by atoms with van der Waals surface area (Å²) in [6, 6.07) is 1.34. The molecule has 1 saturated carbocycles. The van der Waals surface area contributed by atoms with E-state index >= 15 is 0 Å². The van der Waals surface area contributed by atoms with Crippen LogP contribution in [0.4, 0.5) is 0 Å². The van der Waals surface area contributed by atoms with Gasteiger partial charge in [-0.15, -0.1) is 0 Å². The quantitative estimate of drug-likeness (QED) is 0.714. The number of nitrogens with one attached hydrogen (secondary N) is 1. The van der Waals surface area contributed by atoms with Gasteiger partial charge in [-0.1, -0.05) is 6.92 Å². The van der Waals surface area contributed by atoms with Crippen molar-refractivity contribution in [2.75, 3.05) is 6.54 Å². The van der Waals surface area contributed by atoms with Gasteiger partial charge in [0.25, 0.3) is 0 Å². The van der Waals surface area contributed by atoms with Gasteiger partial charge in [-0.05, 0) is 51.4 Å². The molecule has 0 spiro atoms. The van der Waals surface area contributed by atoms with Crippen molar-refractivity contribution in [1.29, 1.82) is 0 Å². The first kappa shape index (κ1) is 12.1. The van der Waals surface area contributed by atoms with Crippen LogP contribution in [0.25, 0.3) is 0 Å². The Hall–Kier alpha value is -0.370. The van der Waals surface area contributed by atoms with Crippen molar-refractivity contribution in [2.24, 2.45) is 16.8 Å².